The van der Waals surface area contributed by atoms with Crippen LogP contribution >= 0.6 is 0 Å². The molecule has 1 unspecified atom stereocenters. The molecule has 19 heavy (non-hydrogen) atoms. The second-order valence-corrected chi connectivity index (χ2v) is 4.54. The van der Waals surface area contributed by atoms with Crippen molar-refractivity contribution in [1.29, 1.82) is 5.26 Å². The number of anilines is 1. The first kappa shape index (κ1) is 13.7. The summed E-state index contributed by atoms with van der Waals surface area (Å²) in [6.07, 6.45) is -2.32. The number of alkyl halides is 3. The molecule has 1 heterocycles. The molecule has 102 valence electrons. The van der Waals surface area contributed by atoms with E-state index >= 15 is 0 Å². The van der Waals surface area contributed by atoms with Gasteiger partial charge in [-0.2, -0.15) is 18.4 Å². The smallest absolute Gasteiger partial charge is 0.383 e. The second-order valence-electron chi connectivity index (χ2n) is 4.54. The molecule has 6 heteroatoms. The van der Waals surface area contributed by atoms with Gasteiger partial charge in [0.1, 0.15) is 0 Å². The molecule has 0 aliphatic carbocycles. The number of hydrogen-bond donors (Lipinski definition) is 2. The number of nitriles is 1. The van der Waals surface area contributed by atoms with E-state index < -0.39 is 11.7 Å². The molecule has 0 bridgehead atoms. The van der Waals surface area contributed by atoms with E-state index in [9.17, 15) is 13.2 Å². The number of halogens is 3. The third kappa shape index (κ3) is 3.38. The highest BCUT2D eigenvalue weighted by molar-refractivity contribution is 5.53. The fourth-order valence-corrected chi connectivity index (χ4v) is 2.17. The minimum Gasteiger partial charge on any atom is -0.383 e. The molecule has 1 aromatic carbocycles. The van der Waals surface area contributed by atoms with Crippen molar-refractivity contribution in [1.82, 2.24) is 5.32 Å². The second kappa shape index (κ2) is 5.49. The van der Waals surface area contributed by atoms with Crippen LogP contribution in [-0.2, 0) is 6.18 Å². The molecule has 1 atom stereocenters. The Morgan fingerprint density at radius 1 is 1.42 bits per heavy atom. The number of rotatable bonds is 3. The lowest BCUT2D eigenvalue weighted by Crippen LogP contribution is -2.29. The zero-order valence-corrected chi connectivity index (χ0v) is 10.2. The van der Waals surface area contributed by atoms with Crippen LogP contribution in [0, 0.1) is 11.3 Å². The largest absolute Gasteiger partial charge is 0.417 e. The molecular weight excluding hydrogens is 255 g/mol. The summed E-state index contributed by atoms with van der Waals surface area (Å²) in [6, 6.07) is 5.49. The van der Waals surface area contributed by atoms with E-state index in [1.807, 2.05) is 0 Å². The first-order chi connectivity index (χ1) is 9.00. The summed E-state index contributed by atoms with van der Waals surface area (Å²) in [6.45, 7) is 1.62. The van der Waals surface area contributed by atoms with Gasteiger partial charge in [0.2, 0.25) is 0 Å². The number of hydrogen-bond acceptors (Lipinski definition) is 3. The topological polar surface area (TPSA) is 47.9 Å². The Labute approximate surface area is 109 Å². The van der Waals surface area contributed by atoms with Crippen LogP contribution in [0.3, 0.4) is 0 Å². The maximum Gasteiger partial charge on any atom is 0.417 e. The molecule has 0 saturated carbocycles. The highest BCUT2D eigenvalue weighted by atomic mass is 19.4. The molecule has 2 N–H and O–H groups in total. The van der Waals surface area contributed by atoms with E-state index in [4.69, 9.17) is 5.26 Å². The van der Waals surface area contributed by atoms with Gasteiger partial charge in [0.15, 0.2) is 0 Å². The van der Waals surface area contributed by atoms with Gasteiger partial charge in [-0.05, 0) is 37.6 Å². The van der Waals surface area contributed by atoms with Crippen molar-refractivity contribution in [2.45, 2.75) is 25.1 Å². The van der Waals surface area contributed by atoms with Gasteiger partial charge in [0, 0.05) is 18.3 Å². The van der Waals surface area contributed by atoms with Gasteiger partial charge in [-0.25, -0.2) is 0 Å². The van der Waals surface area contributed by atoms with Crippen LogP contribution in [0.25, 0.3) is 0 Å². The van der Waals surface area contributed by atoms with E-state index in [1.165, 1.54) is 12.1 Å². The predicted molar refractivity (Wildman–Crippen MR) is 65.7 cm³/mol. The average molecular weight is 269 g/mol. The third-order valence-corrected chi connectivity index (χ3v) is 3.16. The van der Waals surface area contributed by atoms with Crippen LogP contribution in [0.5, 0.6) is 0 Å². The minimum atomic E-state index is -4.49. The Kier molecular flexibility index (Phi) is 3.96. The van der Waals surface area contributed by atoms with Gasteiger partial charge in [-0.3, -0.25) is 0 Å². The molecule has 2 rings (SSSR count). The molecule has 0 aromatic heterocycles. The summed E-state index contributed by atoms with van der Waals surface area (Å²) in [5.74, 6) is 0. The fourth-order valence-electron chi connectivity index (χ4n) is 2.17. The first-order valence-electron chi connectivity index (χ1n) is 6.09. The summed E-state index contributed by atoms with van der Waals surface area (Å²) < 4.78 is 37.9. The van der Waals surface area contributed by atoms with Crippen molar-refractivity contribution in [3.63, 3.8) is 0 Å². The molecule has 1 saturated heterocycles. The van der Waals surface area contributed by atoms with E-state index in [0.29, 0.717) is 18.3 Å². The summed E-state index contributed by atoms with van der Waals surface area (Å²) >= 11 is 0. The molecule has 1 aliphatic heterocycles. The Hall–Kier alpha value is -1.74. The van der Waals surface area contributed by atoms with Crippen LogP contribution in [0.1, 0.15) is 24.0 Å². The maximum absolute atomic E-state index is 12.6. The zero-order valence-electron chi connectivity index (χ0n) is 10.2. The van der Waals surface area contributed by atoms with Crippen LogP contribution in [0.4, 0.5) is 18.9 Å². The van der Waals surface area contributed by atoms with Crippen molar-refractivity contribution in [3.05, 3.63) is 29.3 Å². The lowest BCUT2D eigenvalue weighted by molar-refractivity contribution is -0.137. The van der Waals surface area contributed by atoms with Crippen molar-refractivity contribution in [3.8, 4) is 6.07 Å². The Morgan fingerprint density at radius 3 is 2.79 bits per heavy atom. The van der Waals surface area contributed by atoms with Gasteiger partial charge in [-0.15, -0.1) is 0 Å². The highest BCUT2D eigenvalue weighted by Gasteiger charge is 2.33. The lowest BCUT2D eigenvalue weighted by Gasteiger charge is -2.14. The Bertz CT molecular complexity index is 485. The number of nitrogens with zero attached hydrogens (tertiary/aromatic N) is 1. The average Bonchev–Trinajstić information content (AvgIpc) is 2.88. The Balaban J connectivity index is 2.08. The van der Waals surface area contributed by atoms with E-state index in [1.54, 1.807) is 6.07 Å². The first-order valence-corrected chi connectivity index (χ1v) is 6.09. The predicted octanol–water partition coefficient (Wildman–Crippen LogP) is 2.74. The summed E-state index contributed by atoms with van der Waals surface area (Å²) in [5.41, 5.74) is -0.699. The molecule has 1 fully saturated rings. The molecular formula is C13H14F3N3. The van der Waals surface area contributed by atoms with Crippen molar-refractivity contribution >= 4 is 5.69 Å². The van der Waals surface area contributed by atoms with E-state index in [2.05, 4.69) is 10.6 Å². The molecule has 3 nitrogen and oxygen atoms in total. The zero-order chi connectivity index (χ0) is 13.9. The van der Waals surface area contributed by atoms with Gasteiger partial charge >= 0.3 is 6.18 Å². The van der Waals surface area contributed by atoms with Gasteiger partial charge in [0.05, 0.1) is 17.2 Å². The third-order valence-electron chi connectivity index (χ3n) is 3.16. The van der Waals surface area contributed by atoms with E-state index in [0.717, 1.165) is 25.5 Å². The van der Waals surface area contributed by atoms with Gasteiger partial charge in [0.25, 0.3) is 0 Å². The SMILES string of the molecule is N#Cc1cc(NCC2CCCN2)ccc1C(F)(F)F. The summed E-state index contributed by atoms with van der Waals surface area (Å²) in [7, 11) is 0. The lowest BCUT2D eigenvalue weighted by atomic mass is 10.1. The Morgan fingerprint density at radius 2 is 2.21 bits per heavy atom. The van der Waals surface area contributed by atoms with Crippen molar-refractivity contribution in [2.75, 3.05) is 18.4 Å². The minimum absolute atomic E-state index is 0.341. The van der Waals surface area contributed by atoms with Gasteiger partial charge in [-0.1, -0.05) is 0 Å². The van der Waals surface area contributed by atoms with Crippen molar-refractivity contribution in [2.24, 2.45) is 0 Å². The van der Waals surface area contributed by atoms with Crippen LogP contribution in [0.2, 0.25) is 0 Å². The van der Waals surface area contributed by atoms with Gasteiger partial charge < -0.3 is 10.6 Å². The quantitative estimate of drug-likeness (QED) is 0.887. The summed E-state index contributed by atoms with van der Waals surface area (Å²) in [5, 5.41) is 15.1. The highest BCUT2D eigenvalue weighted by Crippen LogP contribution is 2.32. The van der Waals surface area contributed by atoms with E-state index in [-0.39, 0.29) is 5.56 Å². The fraction of sp³-hybridized carbons (Fsp3) is 0.462. The number of benzene rings is 1. The van der Waals surface area contributed by atoms with Crippen LogP contribution in [0.15, 0.2) is 18.2 Å². The van der Waals surface area contributed by atoms with Crippen molar-refractivity contribution < 1.29 is 13.2 Å². The normalized spacial score (nSPS) is 19.2. The molecule has 0 radical (unpaired) electrons. The molecule has 0 amide bonds. The number of nitrogens with one attached hydrogen (secondary N) is 2. The maximum atomic E-state index is 12.6. The van der Waals surface area contributed by atoms with Crippen LogP contribution in [-0.4, -0.2) is 19.1 Å². The standard InChI is InChI=1S/C13H14F3N3/c14-13(15,16)12-4-3-10(6-9(12)7-17)19-8-11-2-1-5-18-11/h3-4,6,11,18-19H,1-2,5,8H2. The molecule has 1 aliphatic rings. The molecule has 1 aromatic rings. The van der Waals surface area contributed by atoms with Crippen LogP contribution < -0.4 is 10.6 Å². The molecule has 0 spiro atoms. The summed E-state index contributed by atoms with van der Waals surface area (Å²) in [4.78, 5) is 0. The monoisotopic (exact) mass is 269 g/mol.